The predicted molar refractivity (Wildman–Crippen MR) is 245 cm³/mol. The van der Waals surface area contributed by atoms with Crippen LogP contribution in [0.4, 0.5) is 0 Å². The van der Waals surface area contributed by atoms with Crippen LogP contribution >= 0.6 is 0 Å². The summed E-state index contributed by atoms with van der Waals surface area (Å²) >= 11 is 0. The SMILES string of the molecule is C=C(C)NC(Cc1ccc(O)c(O)c1)C(=O)NCCOCCOCC(=O)NC(Cc1ccc(O)c(O)c1)C(=O)NCCOCCOCC(=O)NC(Cc1ccc(O)c(O)c1)C(=O)NCCOCC. The lowest BCUT2D eigenvalue weighted by atomic mass is 10.0. The third-order valence-corrected chi connectivity index (χ3v) is 9.53. The van der Waals surface area contributed by atoms with E-state index in [9.17, 15) is 54.6 Å². The maximum Gasteiger partial charge on any atom is 0.246 e. The Balaban J connectivity index is 1.37. The number of phenols is 6. The fraction of sp³-hybridized carbons (Fsp3) is 0.457. The third kappa shape index (κ3) is 21.6. The Hall–Kier alpha value is -6.85. The normalized spacial score (nSPS) is 12.3. The zero-order valence-electron chi connectivity index (χ0n) is 38.2. The molecular formula is C46H64N6O16. The predicted octanol–water partition coefficient (Wildman–Crippen LogP) is -0.139. The van der Waals surface area contributed by atoms with E-state index in [1.165, 1.54) is 48.5 Å². The lowest BCUT2D eigenvalue weighted by Crippen LogP contribution is -2.49. The molecule has 0 aliphatic carbocycles. The van der Waals surface area contributed by atoms with Crippen molar-refractivity contribution in [1.29, 1.82) is 0 Å². The highest BCUT2D eigenvalue weighted by Gasteiger charge is 2.24. The van der Waals surface area contributed by atoms with Crippen LogP contribution in [0, 0.1) is 0 Å². The van der Waals surface area contributed by atoms with Gasteiger partial charge in [0.15, 0.2) is 34.5 Å². The minimum Gasteiger partial charge on any atom is -0.504 e. The van der Waals surface area contributed by atoms with Gasteiger partial charge in [-0.1, -0.05) is 24.8 Å². The van der Waals surface area contributed by atoms with E-state index in [0.29, 0.717) is 29.0 Å². The molecule has 22 heteroatoms. The van der Waals surface area contributed by atoms with Crippen molar-refractivity contribution in [2.75, 3.05) is 85.7 Å². The number of carbonyl (C=O) groups is 5. The first-order valence-corrected chi connectivity index (χ1v) is 21.8. The Morgan fingerprint density at radius 1 is 0.471 bits per heavy atom. The average molecular weight is 957 g/mol. The first-order valence-electron chi connectivity index (χ1n) is 21.8. The fourth-order valence-electron chi connectivity index (χ4n) is 6.22. The molecule has 5 amide bonds. The van der Waals surface area contributed by atoms with E-state index in [1.807, 2.05) is 6.92 Å². The Kier molecular flexibility index (Phi) is 24.8. The molecule has 68 heavy (non-hydrogen) atoms. The molecule has 374 valence electrons. The zero-order chi connectivity index (χ0) is 49.8. The van der Waals surface area contributed by atoms with E-state index in [4.69, 9.17) is 23.7 Å². The fourth-order valence-corrected chi connectivity index (χ4v) is 6.22. The topological polar surface area (TPSA) is 325 Å². The van der Waals surface area contributed by atoms with Gasteiger partial charge in [0.1, 0.15) is 31.3 Å². The van der Waals surface area contributed by atoms with Gasteiger partial charge in [-0.2, -0.15) is 0 Å². The van der Waals surface area contributed by atoms with Crippen molar-refractivity contribution in [3.8, 4) is 34.5 Å². The summed E-state index contributed by atoms with van der Waals surface area (Å²) in [6.07, 6.45) is 0.176. The molecule has 0 radical (unpaired) electrons. The van der Waals surface area contributed by atoms with Crippen LogP contribution in [0.15, 0.2) is 66.9 Å². The monoisotopic (exact) mass is 956 g/mol. The smallest absolute Gasteiger partial charge is 0.246 e. The van der Waals surface area contributed by atoms with E-state index < -0.39 is 60.7 Å². The van der Waals surface area contributed by atoms with Crippen molar-refractivity contribution in [1.82, 2.24) is 31.9 Å². The molecule has 0 saturated heterocycles. The molecule has 3 rings (SSSR count). The van der Waals surface area contributed by atoms with E-state index in [1.54, 1.807) is 13.0 Å². The molecule has 0 aliphatic heterocycles. The Morgan fingerprint density at radius 3 is 1.12 bits per heavy atom. The van der Waals surface area contributed by atoms with Crippen LogP contribution in [-0.2, 0) is 66.9 Å². The number of phenolic OH excluding ortho intramolecular Hbond substituents is 6. The minimum atomic E-state index is -1.12. The molecule has 3 aromatic rings. The van der Waals surface area contributed by atoms with Crippen molar-refractivity contribution >= 4 is 29.5 Å². The van der Waals surface area contributed by atoms with Crippen molar-refractivity contribution in [3.05, 3.63) is 83.6 Å². The molecule has 3 atom stereocenters. The van der Waals surface area contributed by atoms with Crippen molar-refractivity contribution < 1.29 is 78.3 Å². The van der Waals surface area contributed by atoms with E-state index in [-0.39, 0.29) is 120 Å². The molecule has 0 heterocycles. The number of nitrogens with one attached hydrogen (secondary N) is 6. The molecule has 0 spiro atoms. The molecule has 22 nitrogen and oxygen atoms in total. The summed E-state index contributed by atoms with van der Waals surface area (Å²) in [7, 11) is 0. The van der Waals surface area contributed by atoms with Crippen molar-refractivity contribution in [3.63, 3.8) is 0 Å². The molecule has 3 unspecified atom stereocenters. The Bertz CT molecular complexity index is 2110. The lowest BCUT2D eigenvalue weighted by Gasteiger charge is -2.20. The van der Waals surface area contributed by atoms with Gasteiger partial charge in [0, 0.05) is 51.2 Å². The van der Waals surface area contributed by atoms with Gasteiger partial charge in [-0.25, -0.2) is 0 Å². The van der Waals surface area contributed by atoms with Crippen molar-refractivity contribution in [2.45, 2.75) is 51.2 Å². The molecule has 0 aliphatic rings. The number of ether oxygens (including phenoxy) is 5. The number of amides is 5. The molecule has 0 aromatic heterocycles. The Morgan fingerprint density at radius 2 is 0.794 bits per heavy atom. The lowest BCUT2D eigenvalue weighted by molar-refractivity contribution is -0.132. The summed E-state index contributed by atoms with van der Waals surface area (Å²) in [5.41, 5.74) is 2.10. The number of allylic oxidation sites excluding steroid dienone is 1. The van der Waals surface area contributed by atoms with Gasteiger partial charge in [0.05, 0.1) is 46.2 Å². The highest BCUT2D eigenvalue weighted by atomic mass is 16.5. The summed E-state index contributed by atoms with van der Waals surface area (Å²) in [5.74, 6) is -4.64. The van der Waals surface area contributed by atoms with E-state index in [0.717, 1.165) is 0 Å². The second-order valence-electron chi connectivity index (χ2n) is 15.2. The number of hydrogen-bond donors (Lipinski definition) is 12. The largest absolute Gasteiger partial charge is 0.504 e. The summed E-state index contributed by atoms with van der Waals surface area (Å²) in [6.45, 7) is 7.93. The van der Waals surface area contributed by atoms with Crippen molar-refractivity contribution in [2.24, 2.45) is 0 Å². The van der Waals surface area contributed by atoms with Crippen LogP contribution in [0.3, 0.4) is 0 Å². The van der Waals surface area contributed by atoms with Gasteiger partial charge in [-0.15, -0.1) is 0 Å². The van der Waals surface area contributed by atoms with Crippen LogP contribution in [-0.4, -0.2) is 164 Å². The van der Waals surface area contributed by atoms with Gasteiger partial charge in [0.25, 0.3) is 0 Å². The van der Waals surface area contributed by atoms with Crippen LogP contribution in [0.2, 0.25) is 0 Å². The molecule has 3 aromatic carbocycles. The van der Waals surface area contributed by atoms with Crippen LogP contribution in [0.25, 0.3) is 0 Å². The highest BCUT2D eigenvalue weighted by Crippen LogP contribution is 2.27. The Labute approximate surface area is 394 Å². The highest BCUT2D eigenvalue weighted by molar-refractivity contribution is 5.89. The standard InChI is InChI=1S/C46H64N6O16/c1-4-64-14-11-47-45(62)34(22-31-6-9-37(54)40(57)25-31)51-42(59)27-68-20-18-66-16-13-49-46(63)35(23-32-7-10-38(55)41(58)26-32)52-43(60)28-67-19-17-65-15-12-48-44(61)33(50-29(2)3)21-30-5-8-36(53)39(56)24-30/h5-10,24-26,33-35,50,53-58H,2,4,11-23,27-28H2,1,3H3,(H,47,62)(H,48,61)(H,49,63)(H,51,59)(H,52,60). The molecule has 0 saturated carbocycles. The summed E-state index contributed by atoms with van der Waals surface area (Å²) in [6, 6.07) is 9.53. The van der Waals surface area contributed by atoms with Gasteiger partial charge < -0.3 is 86.2 Å². The van der Waals surface area contributed by atoms with Gasteiger partial charge >= 0.3 is 0 Å². The minimum absolute atomic E-state index is 0.00657. The summed E-state index contributed by atoms with van der Waals surface area (Å²) in [5, 5.41) is 74.9. The van der Waals surface area contributed by atoms with Crippen LogP contribution in [0.1, 0.15) is 30.5 Å². The van der Waals surface area contributed by atoms with Crippen LogP contribution < -0.4 is 31.9 Å². The zero-order valence-corrected chi connectivity index (χ0v) is 38.2. The van der Waals surface area contributed by atoms with E-state index >= 15 is 0 Å². The summed E-state index contributed by atoms with van der Waals surface area (Å²) < 4.78 is 27.1. The van der Waals surface area contributed by atoms with E-state index in [2.05, 4.69) is 38.5 Å². The third-order valence-electron chi connectivity index (χ3n) is 9.53. The van der Waals surface area contributed by atoms with Gasteiger partial charge in [-0.05, 0) is 66.9 Å². The maximum atomic E-state index is 13.2. The number of benzene rings is 3. The summed E-state index contributed by atoms with van der Waals surface area (Å²) in [4.78, 5) is 64.4. The van der Waals surface area contributed by atoms with Gasteiger partial charge in [-0.3, -0.25) is 24.0 Å². The second-order valence-corrected chi connectivity index (χ2v) is 15.2. The van der Waals surface area contributed by atoms with Crippen LogP contribution in [0.5, 0.6) is 34.5 Å². The molecular weight excluding hydrogens is 893 g/mol. The van der Waals surface area contributed by atoms with Gasteiger partial charge in [0.2, 0.25) is 29.5 Å². The maximum absolute atomic E-state index is 13.2. The molecule has 0 fully saturated rings. The molecule has 0 bridgehead atoms. The quantitative estimate of drug-likeness (QED) is 0.0279. The average Bonchev–Trinajstić information content (AvgIpc) is 3.29. The second kappa shape index (κ2) is 30.4. The first-order chi connectivity index (χ1) is 32.6. The number of rotatable bonds is 33. The number of aromatic hydroxyl groups is 6. The number of hydrogen-bond acceptors (Lipinski definition) is 17. The first kappa shape index (κ1) is 55.5. The number of carbonyl (C=O) groups excluding carboxylic acids is 5. The molecule has 12 N–H and O–H groups in total.